The number of thiophene rings is 1. The molecule has 0 aliphatic heterocycles. The Morgan fingerprint density at radius 1 is 1.78 bits per heavy atom. The van der Waals surface area contributed by atoms with Crippen molar-refractivity contribution in [1.29, 1.82) is 0 Å². The van der Waals surface area contributed by atoms with Crippen molar-refractivity contribution in [3.05, 3.63) is 21.8 Å². The lowest BCUT2D eigenvalue weighted by Crippen LogP contribution is -1.78. The van der Waals surface area contributed by atoms with E-state index < -0.39 is 0 Å². The smallest absolute Gasteiger partial charge is 0.264 e. The van der Waals surface area contributed by atoms with E-state index >= 15 is 0 Å². The van der Waals surface area contributed by atoms with Crippen LogP contribution in [-0.2, 0) is 0 Å². The molecule has 2 nitrogen and oxygen atoms in total. The third-order valence-electron chi connectivity index (χ3n) is 0.863. The first kappa shape index (κ1) is 6.40. The van der Waals surface area contributed by atoms with Gasteiger partial charge in [0.15, 0.2) is 0 Å². The number of rotatable bonds is 0. The number of nitrogens with zero attached hydrogens (tertiary/aromatic N) is 1. The summed E-state index contributed by atoms with van der Waals surface area (Å²) >= 11 is 6.82. The molecule has 1 rings (SSSR count). The minimum Gasteiger partial charge on any atom is -0.405 e. The Labute approximate surface area is 61.7 Å². The zero-order chi connectivity index (χ0) is 6.85. The Kier molecular flexibility index (Phi) is 1.60. The van der Waals surface area contributed by atoms with Crippen LogP contribution < -0.4 is 5.73 Å². The molecule has 0 spiro atoms. The van der Waals surface area contributed by atoms with Crippen molar-refractivity contribution in [1.82, 2.24) is 0 Å². The lowest BCUT2D eigenvalue weighted by Gasteiger charge is -1.84. The standard InChI is InChI=1S/C5H3ClN2S/c1-8-5-4(7)3(6)2-9-5/h2H,7H2. The highest BCUT2D eigenvalue weighted by atomic mass is 35.5. The Hall–Kier alpha value is -0.720. The Morgan fingerprint density at radius 3 is 2.67 bits per heavy atom. The molecule has 2 N–H and O–H groups in total. The van der Waals surface area contributed by atoms with Gasteiger partial charge >= 0.3 is 0 Å². The van der Waals surface area contributed by atoms with Gasteiger partial charge in [-0.3, -0.25) is 0 Å². The molecule has 0 aliphatic rings. The maximum absolute atomic E-state index is 6.59. The zero-order valence-corrected chi connectivity index (χ0v) is 5.96. The first-order valence-corrected chi connectivity index (χ1v) is 3.41. The van der Waals surface area contributed by atoms with Crippen molar-refractivity contribution in [2.75, 3.05) is 5.73 Å². The third-order valence-corrected chi connectivity index (χ3v) is 2.19. The van der Waals surface area contributed by atoms with Crippen LogP contribution in [0.15, 0.2) is 5.38 Å². The molecular weight excluding hydrogens is 156 g/mol. The molecule has 46 valence electrons. The Morgan fingerprint density at radius 2 is 2.44 bits per heavy atom. The topological polar surface area (TPSA) is 30.4 Å². The lowest BCUT2D eigenvalue weighted by atomic mass is 10.5. The SMILES string of the molecule is [C-]#[N+]c1scc(Cl)c1N. The van der Waals surface area contributed by atoms with Crippen LogP contribution >= 0.6 is 22.9 Å². The van der Waals surface area contributed by atoms with Gasteiger partial charge in [-0.1, -0.05) is 11.6 Å². The van der Waals surface area contributed by atoms with Crippen LogP contribution in [-0.4, -0.2) is 0 Å². The maximum atomic E-state index is 6.59. The molecule has 0 bridgehead atoms. The second-order valence-electron chi connectivity index (χ2n) is 1.41. The van der Waals surface area contributed by atoms with Crippen molar-refractivity contribution >= 4 is 33.6 Å². The number of nitrogen functional groups attached to an aromatic ring is 1. The minimum absolute atomic E-state index is 0.400. The summed E-state index contributed by atoms with van der Waals surface area (Å²) in [5.41, 5.74) is 5.78. The van der Waals surface area contributed by atoms with Gasteiger partial charge in [0.2, 0.25) is 0 Å². The molecule has 0 amide bonds. The van der Waals surface area contributed by atoms with E-state index in [9.17, 15) is 0 Å². The number of hydrogen-bond acceptors (Lipinski definition) is 2. The second kappa shape index (κ2) is 2.26. The molecule has 9 heavy (non-hydrogen) atoms. The van der Waals surface area contributed by atoms with E-state index in [0.29, 0.717) is 15.7 Å². The van der Waals surface area contributed by atoms with Crippen LogP contribution in [0.5, 0.6) is 0 Å². The van der Waals surface area contributed by atoms with E-state index in [-0.39, 0.29) is 0 Å². The van der Waals surface area contributed by atoms with Gasteiger partial charge in [-0.05, 0) is 5.38 Å². The lowest BCUT2D eigenvalue weighted by molar-refractivity contribution is 1.87. The first-order valence-electron chi connectivity index (χ1n) is 2.15. The summed E-state index contributed by atoms with van der Waals surface area (Å²) in [6.45, 7) is 6.59. The summed E-state index contributed by atoms with van der Waals surface area (Å²) in [6, 6.07) is 0. The van der Waals surface area contributed by atoms with E-state index in [1.54, 1.807) is 5.38 Å². The summed E-state index contributed by atoms with van der Waals surface area (Å²) < 4.78 is 0. The molecule has 0 aliphatic carbocycles. The fourth-order valence-electron chi connectivity index (χ4n) is 0.423. The number of nitrogens with two attached hydrogens (primary N) is 1. The monoisotopic (exact) mass is 158 g/mol. The zero-order valence-electron chi connectivity index (χ0n) is 4.39. The van der Waals surface area contributed by atoms with Crippen LogP contribution in [0.3, 0.4) is 0 Å². The van der Waals surface area contributed by atoms with Crippen molar-refractivity contribution in [2.24, 2.45) is 0 Å². The number of anilines is 1. The van der Waals surface area contributed by atoms with E-state index in [1.165, 1.54) is 11.3 Å². The third kappa shape index (κ3) is 0.995. The Balaban J connectivity index is 3.24. The van der Waals surface area contributed by atoms with Crippen molar-refractivity contribution in [3.63, 3.8) is 0 Å². The molecule has 1 aromatic rings. The van der Waals surface area contributed by atoms with Crippen molar-refractivity contribution in [3.8, 4) is 0 Å². The molecule has 0 radical (unpaired) electrons. The van der Waals surface area contributed by atoms with Crippen LogP contribution in [0.2, 0.25) is 5.02 Å². The van der Waals surface area contributed by atoms with Crippen LogP contribution in [0.1, 0.15) is 0 Å². The molecule has 0 aromatic carbocycles. The predicted octanol–water partition coefficient (Wildman–Crippen LogP) is 2.53. The predicted molar refractivity (Wildman–Crippen MR) is 40.0 cm³/mol. The molecule has 1 heterocycles. The molecule has 0 saturated heterocycles. The van der Waals surface area contributed by atoms with E-state index in [1.807, 2.05) is 0 Å². The number of halogens is 1. The number of hydrogen-bond donors (Lipinski definition) is 1. The quantitative estimate of drug-likeness (QED) is 0.578. The van der Waals surface area contributed by atoms with E-state index in [4.69, 9.17) is 23.9 Å². The fourth-order valence-corrected chi connectivity index (χ4v) is 1.33. The van der Waals surface area contributed by atoms with E-state index in [2.05, 4.69) is 4.85 Å². The second-order valence-corrected chi connectivity index (χ2v) is 2.68. The van der Waals surface area contributed by atoms with Gasteiger partial charge in [-0.2, -0.15) is 11.3 Å². The van der Waals surface area contributed by atoms with Gasteiger partial charge in [0.1, 0.15) is 0 Å². The molecule has 0 atom stereocenters. The van der Waals surface area contributed by atoms with Gasteiger partial charge in [0.05, 0.1) is 17.3 Å². The summed E-state index contributed by atoms with van der Waals surface area (Å²) in [7, 11) is 0. The van der Waals surface area contributed by atoms with Crippen molar-refractivity contribution in [2.45, 2.75) is 0 Å². The van der Waals surface area contributed by atoms with E-state index in [0.717, 1.165) is 0 Å². The van der Waals surface area contributed by atoms with Gasteiger partial charge in [0.25, 0.3) is 5.00 Å². The molecule has 4 heteroatoms. The molecule has 1 aromatic heterocycles. The highest BCUT2D eigenvalue weighted by molar-refractivity contribution is 7.15. The molecular formula is C5H3ClN2S. The summed E-state index contributed by atoms with van der Waals surface area (Å²) in [5, 5.41) is 2.61. The largest absolute Gasteiger partial charge is 0.405 e. The van der Waals surface area contributed by atoms with Crippen LogP contribution in [0.4, 0.5) is 10.7 Å². The van der Waals surface area contributed by atoms with Crippen LogP contribution in [0, 0.1) is 6.57 Å². The normalized spacial score (nSPS) is 8.89. The minimum atomic E-state index is 0.400. The Bertz CT molecular complexity index is 260. The fraction of sp³-hybridized carbons (Fsp3) is 0. The van der Waals surface area contributed by atoms with Crippen molar-refractivity contribution < 1.29 is 0 Å². The highest BCUT2D eigenvalue weighted by Crippen LogP contribution is 2.36. The van der Waals surface area contributed by atoms with Gasteiger partial charge < -0.3 is 5.73 Å². The first-order chi connectivity index (χ1) is 4.25. The van der Waals surface area contributed by atoms with Gasteiger partial charge in [-0.25, -0.2) is 4.85 Å². The average molecular weight is 159 g/mol. The summed E-state index contributed by atoms with van der Waals surface area (Å²) in [4.78, 5) is 3.15. The van der Waals surface area contributed by atoms with Gasteiger partial charge in [-0.15, -0.1) is 0 Å². The highest BCUT2D eigenvalue weighted by Gasteiger charge is 2.03. The average Bonchev–Trinajstić information content (AvgIpc) is 2.15. The summed E-state index contributed by atoms with van der Waals surface area (Å²) in [5.74, 6) is 0. The summed E-state index contributed by atoms with van der Waals surface area (Å²) in [6.07, 6.45) is 0. The molecule has 0 fully saturated rings. The van der Waals surface area contributed by atoms with Crippen LogP contribution in [0.25, 0.3) is 4.85 Å². The van der Waals surface area contributed by atoms with Gasteiger partial charge in [0, 0.05) is 0 Å². The maximum Gasteiger partial charge on any atom is 0.264 e. The molecule has 0 saturated carbocycles. The molecule has 0 unspecified atom stereocenters.